The van der Waals surface area contributed by atoms with Gasteiger partial charge in [-0.2, -0.15) is 4.99 Å². The van der Waals surface area contributed by atoms with Gasteiger partial charge in [0, 0.05) is 39.0 Å². The smallest absolute Gasteiger partial charge is 0.318 e. The molecule has 10 N–H and O–H groups in total. The summed E-state index contributed by atoms with van der Waals surface area (Å²) in [5, 5.41) is 26.2. The average molecular weight is 427 g/mol. The molecule has 0 saturated heterocycles. The maximum absolute atomic E-state index is 12.7. The number of carbonyl (C=O) groups is 4. The third kappa shape index (κ3) is 8.72. The van der Waals surface area contributed by atoms with Gasteiger partial charge < -0.3 is 37.4 Å². The van der Waals surface area contributed by atoms with Gasteiger partial charge in [-0.3, -0.25) is 25.1 Å². The van der Waals surface area contributed by atoms with E-state index in [1.807, 2.05) is 0 Å². The highest BCUT2D eigenvalue weighted by Crippen LogP contribution is 2.10. The van der Waals surface area contributed by atoms with Crippen molar-refractivity contribution in [3.8, 4) is 0 Å². The number of nitrogens with one attached hydrogen (secondary N) is 5. The van der Waals surface area contributed by atoms with Crippen LogP contribution in [-0.2, 0) is 14.4 Å². The molecular formula is C16H29N9O5. The van der Waals surface area contributed by atoms with Crippen LogP contribution in [-0.4, -0.2) is 84.5 Å². The lowest BCUT2D eigenvalue weighted by Gasteiger charge is -2.30. The number of likely N-dealkylation sites (N-methyl/N-ethyl adjacent to an activating group) is 1. The van der Waals surface area contributed by atoms with Crippen LogP contribution in [0.5, 0.6) is 0 Å². The molecule has 0 saturated carbocycles. The third-order valence-corrected chi connectivity index (χ3v) is 4.24. The minimum Gasteiger partial charge on any atom is -0.396 e. The predicted octanol–water partition coefficient (Wildman–Crippen LogP) is -3.51. The number of amides is 5. The SMILES string of the molecule is CN(C(=O)C[C@H](CCCNC(=N)N)NC(=O)CCO)C1CNC(NC(N)=O)=NC1=O. The molecule has 1 heterocycles. The molecular weight excluding hydrogens is 398 g/mol. The van der Waals surface area contributed by atoms with Crippen LogP contribution < -0.4 is 32.7 Å². The van der Waals surface area contributed by atoms with Crippen molar-refractivity contribution in [2.45, 2.75) is 37.8 Å². The highest BCUT2D eigenvalue weighted by Gasteiger charge is 2.31. The minimum absolute atomic E-state index is 0.0320. The summed E-state index contributed by atoms with van der Waals surface area (Å²) in [6.45, 7) is 0.103. The number of aliphatic imine (C=N–C) groups is 1. The first kappa shape index (κ1) is 24.6. The number of urea groups is 1. The Morgan fingerprint density at radius 1 is 1.40 bits per heavy atom. The molecule has 1 aliphatic heterocycles. The third-order valence-electron chi connectivity index (χ3n) is 4.24. The van der Waals surface area contributed by atoms with Crippen LogP contribution >= 0.6 is 0 Å². The van der Waals surface area contributed by atoms with E-state index in [-0.39, 0.29) is 37.9 Å². The van der Waals surface area contributed by atoms with Gasteiger partial charge in [0.25, 0.3) is 5.91 Å². The second-order valence-corrected chi connectivity index (χ2v) is 6.61. The van der Waals surface area contributed by atoms with Crippen LogP contribution in [0, 0.1) is 5.41 Å². The fourth-order valence-electron chi connectivity index (χ4n) is 2.72. The highest BCUT2D eigenvalue weighted by atomic mass is 16.3. The zero-order chi connectivity index (χ0) is 22.7. The van der Waals surface area contributed by atoms with E-state index in [2.05, 4.69) is 26.3 Å². The number of nitrogens with two attached hydrogens (primary N) is 2. The maximum atomic E-state index is 12.7. The molecule has 1 aliphatic rings. The summed E-state index contributed by atoms with van der Waals surface area (Å²) in [5.74, 6) is -1.69. The van der Waals surface area contributed by atoms with E-state index in [0.29, 0.717) is 19.4 Å². The van der Waals surface area contributed by atoms with E-state index in [1.54, 1.807) is 0 Å². The first-order valence-electron chi connectivity index (χ1n) is 9.30. The van der Waals surface area contributed by atoms with Crippen LogP contribution in [0.15, 0.2) is 4.99 Å². The van der Waals surface area contributed by atoms with Crippen LogP contribution in [0.2, 0.25) is 0 Å². The molecule has 0 aromatic heterocycles. The summed E-state index contributed by atoms with van der Waals surface area (Å²) >= 11 is 0. The minimum atomic E-state index is -0.885. The van der Waals surface area contributed by atoms with E-state index in [4.69, 9.17) is 22.0 Å². The van der Waals surface area contributed by atoms with E-state index < -0.39 is 35.8 Å². The van der Waals surface area contributed by atoms with E-state index in [1.165, 1.54) is 11.9 Å². The van der Waals surface area contributed by atoms with Crippen molar-refractivity contribution in [1.29, 1.82) is 5.41 Å². The van der Waals surface area contributed by atoms with Gasteiger partial charge in [-0.15, -0.1) is 0 Å². The lowest BCUT2D eigenvalue weighted by atomic mass is 10.1. The van der Waals surface area contributed by atoms with Gasteiger partial charge >= 0.3 is 6.03 Å². The molecule has 2 atom stereocenters. The second-order valence-electron chi connectivity index (χ2n) is 6.61. The standard InChI is InChI=1S/C16H29N9O5/c1-25(10-8-21-16(23-13(10)29)24-15(19)30)12(28)7-9(22-11(27)4-6-26)3-2-5-20-14(17)18/h9-10,26H,2-8H2,1H3,(H,22,27)(H4,17,18,20)(H4,19,21,23,24,29,30)/t9-,10?/m0/s1. The van der Waals surface area contributed by atoms with Crippen molar-refractivity contribution in [2.24, 2.45) is 16.5 Å². The molecule has 5 amide bonds. The highest BCUT2D eigenvalue weighted by molar-refractivity contribution is 6.04. The van der Waals surface area contributed by atoms with Crippen molar-refractivity contribution in [3.63, 3.8) is 0 Å². The number of aliphatic hydroxyl groups is 1. The first-order valence-corrected chi connectivity index (χ1v) is 9.30. The van der Waals surface area contributed by atoms with Crippen molar-refractivity contribution in [2.75, 3.05) is 26.7 Å². The Kier molecular flexibility index (Phi) is 10.0. The summed E-state index contributed by atoms with van der Waals surface area (Å²) < 4.78 is 0. The Hall–Kier alpha value is -3.42. The van der Waals surface area contributed by atoms with Crippen LogP contribution in [0.1, 0.15) is 25.7 Å². The van der Waals surface area contributed by atoms with Gasteiger partial charge in [-0.25, -0.2) is 4.79 Å². The monoisotopic (exact) mass is 427 g/mol. The summed E-state index contributed by atoms with van der Waals surface area (Å²) in [6.07, 6.45) is 0.769. The van der Waals surface area contributed by atoms with Gasteiger partial charge in [-0.1, -0.05) is 0 Å². The molecule has 0 spiro atoms. The van der Waals surface area contributed by atoms with Crippen molar-refractivity contribution >= 4 is 35.7 Å². The first-order chi connectivity index (χ1) is 14.1. The molecule has 1 rings (SSSR count). The predicted molar refractivity (Wildman–Crippen MR) is 107 cm³/mol. The number of hydrogen-bond acceptors (Lipinski definition) is 7. The molecule has 0 radical (unpaired) electrons. The van der Waals surface area contributed by atoms with E-state index in [0.717, 1.165) is 0 Å². The fourth-order valence-corrected chi connectivity index (χ4v) is 2.72. The summed E-state index contributed by atoms with van der Waals surface area (Å²) in [6, 6.07) is -2.29. The molecule has 0 aromatic rings. The number of carbonyl (C=O) groups excluding carboxylic acids is 4. The second kappa shape index (κ2) is 12.2. The van der Waals surface area contributed by atoms with Crippen LogP contribution in [0.3, 0.4) is 0 Å². The molecule has 30 heavy (non-hydrogen) atoms. The zero-order valence-electron chi connectivity index (χ0n) is 16.7. The Labute approximate surface area is 173 Å². The summed E-state index contributed by atoms with van der Waals surface area (Å²) in [5.41, 5.74) is 10.2. The van der Waals surface area contributed by atoms with Crippen molar-refractivity contribution in [3.05, 3.63) is 0 Å². The maximum Gasteiger partial charge on any atom is 0.318 e. The number of hydrogen-bond donors (Lipinski definition) is 8. The Morgan fingerprint density at radius 2 is 2.10 bits per heavy atom. The Bertz CT molecular complexity index is 697. The van der Waals surface area contributed by atoms with Gasteiger partial charge in [0.15, 0.2) is 5.96 Å². The van der Waals surface area contributed by atoms with E-state index >= 15 is 0 Å². The Morgan fingerprint density at radius 3 is 2.67 bits per heavy atom. The number of rotatable bonds is 10. The van der Waals surface area contributed by atoms with Crippen molar-refractivity contribution in [1.82, 2.24) is 26.2 Å². The molecule has 0 aliphatic carbocycles. The average Bonchev–Trinajstić information content (AvgIpc) is 2.64. The largest absolute Gasteiger partial charge is 0.396 e. The quantitative estimate of drug-likeness (QED) is 0.0987. The molecule has 14 nitrogen and oxygen atoms in total. The molecule has 14 heteroatoms. The number of nitrogens with zero attached hydrogens (tertiary/aromatic N) is 2. The number of guanidine groups is 2. The topological polar surface area (TPSA) is 228 Å². The Balaban J connectivity index is 2.70. The molecule has 1 unspecified atom stereocenters. The van der Waals surface area contributed by atoms with Gasteiger partial charge in [-0.05, 0) is 12.8 Å². The molecule has 0 aromatic carbocycles. The normalized spacial score (nSPS) is 16.5. The lowest BCUT2D eigenvalue weighted by molar-refractivity contribution is -0.138. The molecule has 0 bridgehead atoms. The van der Waals surface area contributed by atoms with Gasteiger partial charge in [0.2, 0.25) is 17.8 Å². The van der Waals surface area contributed by atoms with Gasteiger partial charge in [0.05, 0.1) is 6.61 Å². The summed E-state index contributed by atoms with van der Waals surface area (Å²) in [7, 11) is 1.44. The van der Waals surface area contributed by atoms with E-state index in [9.17, 15) is 19.2 Å². The lowest BCUT2D eigenvalue weighted by Crippen LogP contribution is -2.57. The number of primary amides is 1. The fraction of sp³-hybridized carbons (Fsp3) is 0.625. The number of aliphatic hydroxyl groups excluding tert-OH is 1. The van der Waals surface area contributed by atoms with Crippen molar-refractivity contribution < 1.29 is 24.3 Å². The summed E-state index contributed by atoms with van der Waals surface area (Å²) in [4.78, 5) is 52.4. The van der Waals surface area contributed by atoms with Crippen LogP contribution in [0.25, 0.3) is 0 Å². The van der Waals surface area contributed by atoms with Gasteiger partial charge in [0.1, 0.15) is 6.04 Å². The zero-order valence-corrected chi connectivity index (χ0v) is 16.7. The molecule has 0 fully saturated rings. The van der Waals surface area contributed by atoms with Crippen LogP contribution in [0.4, 0.5) is 4.79 Å². The molecule has 168 valence electrons.